The van der Waals surface area contributed by atoms with Gasteiger partial charge >= 0.3 is 5.97 Å². The highest BCUT2D eigenvalue weighted by molar-refractivity contribution is 6.04. The van der Waals surface area contributed by atoms with Crippen LogP contribution in [-0.4, -0.2) is 50.5 Å². The van der Waals surface area contributed by atoms with Gasteiger partial charge in [-0.3, -0.25) is 4.79 Å². The molecular weight excluding hydrogens is 396 g/mol. The lowest BCUT2D eigenvalue weighted by Gasteiger charge is -2.50. The summed E-state index contributed by atoms with van der Waals surface area (Å²) in [7, 11) is 0. The summed E-state index contributed by atoms with van der Waals surface area (Å²) in [4.78, 5) is 25.6. The number of hydrogen-bond acceptors (Lipinski definition) is 6. The molecule has 0 saturated heterocycles. The van der Waals surface area contributed by atoms with Crippen molar-refractivity contribution in [3.05, 3.63) is 34.9 Å². The fourth-order valence-electron chi connectivity index (χ4n) is 6.96. The van der Waals surface area contributed by atoms with Crippen LogP contribution in [0.1, 0.15) is 54.4 Å². The third-order valence-electron chi connectivity index (χ3n) is 8.90. The fourth-order valence-corrected chi connectivity index (χ4v) is 6.96. The van der Waals surface area contributed by atoms with E-state index in [0.717, 1.165) is 0 Å². The summed E-state index contributed by atoms with van der Waals surface area (Å²) in [5.41, 5.74) is -2.81. The van der Waals surface area contributed by atoms with Gasteiger partial charge in [0.1, 0.15) is 11.2 Å². The quantitative estimate of drug-likeness (QED) is 0.361. The first-order valence-electron chi connectivity index (χ1n) is 11.2. The molecule has 4 aliphatic rings. The number of aliphatic hydroxyl groups excluding tert-OH is 1. The minimum absolute atomic E-state index is 0.00993. The van der Waals surface area contributed by atoms with E-state index in [1.807, 2.05) is 26.8 Å². The van der Waals surface area contributed by atoms with Crippen LogP contribution in [0.3, 0.4) is 0 Å². The number of ketones is 1. The van der Waals surface area contributed by atoms with Gasteiger partial charge < -0.3 is 20.1 Å². The average Bonchev–Trinajstić information content (AvgIpc) is 3.11. The van der Waals surface area contributed by atoms with Crippen molar-refractivity contribution >= 4 is 11.8 Å². The Morgan fingerprint density at radius 3 is 2.52 bits per heavy atom. The van der Waals surface area contributed by atoms with E-state index in [4.69, 9.17) is 4.74 Å². The van der Waals surface area contributed by atoms with Crippen molar-refractivity contribution in [1.29, 1.82) is 0 Å². The summed E-state index contributed by atoms with van der Waals surface area (Å²) in [5.74, 6) is -2.55. The zero-order valence-electron chi connectivity index (χ0n) is 19.2. The molecule has 0 bridgehead atoms. The van der Waals surface area contributed by atoms with Crippen molar-refractivity contribution < 1.29 is 29.6 Å². The van der Waals surface area contributed by atoms with Crippen LogP contribution in [0.15, 0.2) is 34.9 Å². The SMILES string of the molecule is C/C=C(\C)C(=O)O[C@]12C[C@H](C)[C@]3(O)[C@H](C=C(CO)C[C@@]4(O)C(=O)C(C)=C[C@H]34)[C@H]1C2(C)C. The molecule has 0 aliphatic heterocycles. The van der Waals surface area contributed by atoms with E-state index in [0.29, 0.717) is 23.1 Å². The van der Waals surface area contributed by atoms with Crippen LogP contribution in [0, 0.1) is 29.1 Å². The summed E-state index contributed by atoms with van der Waals surface area (Å²) in [6.45, 7) is 10.9. The van der Waals surface area contributed by atoms with Gasteiger partial charge in [-0.2, -0.15) is 0 Å². The minimum Gasteiger partial charge on any atom is -0.455 e. The monoisotopic (exact) mass is 430 g/mol. The second-order valence-electron chi connectivity index (χ2n) is 10.7. The molecule has 31 heavy (non-hydrogen) atoms. The van der Waals surface area contributed by atoms with Gasteiger partial charge in [0.15, 0.2) is 5.78 Å². The molecule has 0 unspecified atom stereocenters. The van der Waals surface area contributed by atoms with Gasteiger partial charge in [0.2, 0.25) is 0 Å². The van der Waals surface area contributed by atoms with E-state index >= 15 is 0 Å². The molecule has 4 rings (SSSR count). The van der Waals surface area contributed by atoms with Crippen LogP contribution < -0.4 is 0 Å². The molecule has 7 atom stereocenters. The summed E-state index contributed by atoms with van der Waals surface area (Å²) in [6.07, 6.45) is 5.70. The molecule has 3 N–H and O–H groups in total. The summed E-state index contributed by atoms with van der Waals surface area (Å²) < 4.78 is 6.12. The number of esters is 1. The van der Waals surface area contributed by atoms with Gasteiger partial charge in [0.25, 0.3) is 0 Å². The summed E-state index contributed by atoms with van der Waals surface area (Å²) >= 11 is 0. The number of hydrogen-bond donors (Lipinski definition) is 3. The van der Waals surface area contributed by atoms with E-state index in [2.05, 4.69) is 0 Å². The van der Waals surface area contributed by atoms with Crippen LogP contribution in [-0.2, 0) is 14.3 Å². The number of carbonyl (C=O) groups excluding carboxylic acids is 2. The lowest BCUT2D eigenvalue weighted by atomic mass is 9.60. The second-order valence-corrected chi connectivity index (χ2v) is 10.7. The van der Waals surface area contributed by atoms with Crippen molar-refractivity contribution in [1.82, 2.24) is 0 Å². The van der Waals surface area contributed by atoms with Crippen molar-refractivity contribution in [2.24, 2.45) is 29.1 Å². The van der Waals surface area contributed by atoms with E-state index in [-0.39, 0.29) is 36.6 Å². The topological polar surface area (TPSA) is 104 Å². The van der Waals surface area contributed by atoms with E-state index in [1.165, 1.54) is 0 Å². The third-order valence-corrected chi connectivity index (χ3v) is 8.90. The first-order valence-corrected chi connectivity index (χ1v) is 11.2. The maximum Gasteiger partial charge on any atom is 0.333 e. The number of allylic oxidation sites excluding steroid dienone is 1. The number of fused-ring (bicyclic) bond motifs is 5. The molecule has 0 radical (unpaired) electrons. The van der Waals surface area contributed by atoms with Crippen LogP contribution in [0.4, 0.5) is 0 Å². The normalized spacial score (nSPS) is 45.6. The Hall–Kier alpha value is -1.76. The molecule has 0 aromatic carbocycles. The Kier molecular flexibility index (Phi) is 4.79. The molecule has 0 spiro atoms. The van der Waals surface area contributed by atoms with Gasteiger partial charge in [-0.1, -0.05) is 39.0 Å². The Bertz CT molecular complexity index is 942. The number of carbonyl (C=O) groups is 2. The maximum absolute atomic E-state index is 12.9. The van der Waals surface area contributed by atoms with Crippen LogP contribution >= 0.6 is 0 Å². The average molecular weight is 431 g/mol. The van der Waals surface area contributed by atoms with Gasteiger partial charge in [0, 0.05) is 35.2 Å². The zero-order chi connectivity index (χ0) is 23.1. The second kappa shape index (κ2) is 6.63. The number of rotatable bonds is 3. The molecular formula is C25H34O6. The van der Waals surface area contributed by atoms with Crippen molar-refractivity contribution in [2.75, 3.05) is 6.61 Å². The molecule has 2 saturated carbocycles. The van der Waals surface area contributed by atoms with Crippen molar-refractivity contribution in [2.45, 2.75) is 71.2 Å². The highest BCUT2D eigenvalue weighted by atomic mass is 16.6. The highest BCUT2D eigenvalue weighted by Crippen LogP contribution is 2.76. The Morgan fingerprint density at radius 1 is 1.29 bits per heavy atom. The van der Waals surface area contributed by atoms with Gasteiger partial charge in [-0.25, -0.2) is 4.79 Å². The lowest BCUT2D eigenvalue weighted by molar-refractivity contribution is -0.185. The molecule has 0 aromatic heterocycles. The Balaban J connectivity index is 1.85. The molecule has 0 amide bonds. The number of Topliss-reactive ketones (excluding diaryl/α,β-unsaturated/α-hetero) is 1. The van der Waals surface area contributed by atoms with Gasteiger partial charge in [-0.05, 0) is 44.3 Å². The van der Waals surface area contributed by atoms with E-state index in [1.54, 1.807) is 32.9 Å². The van der Waals surface area contributed by atoms with Crippen LogP contribution in [0.25, 0.3) is 0 Å². The van der Waals surface area contributed by atoms with Crippen molar-refractivity contribution in [3.8, 4) is 0 Å². The first kappa shape index (κ1) is 22.4. The molecule has 170 valence electrons. The smallest absolute Gasteiger partial charge is 0.333 e. The minimum atomic E-state index is -1.77. The standard InChI is InChI=1S/C25H34O6/c1-7-13(2)21(28)31-24-10-15(4)25(30)17(19(24)22(24,5)6)9-16(12-26)11-23(29)18(25)8-14(3)20(23)27/h7-9,15,17-19,26,29-30H,10-12H2,1-6H3/b13-7+/t15-,17+,18-,19-,23-,24+,25-/m0/s1. The van der Waals surface area contributed by atoms with Crippen LogP contribution in [0.2, 0.25) is 0 Å². The van der Waals surface area contributed by atoms with Crippen LogP contribution in [0.5, 0.6) is 0 Å². The first-order chi connectivity index (χ1) is 14.3. The zero-order valence-corrected chi connectivity index (χ0v) is 19.2. The van der Waals surface area contributed by atoms with Crippen molar-refractivity contribution in [3.63, 3.8) is 0 Å². The highest BCUT2D eigenvalue weighted by Gasteiger charge is 2.83. The maximum atomic E-state index is 12.9. The number of aliphatic hydroxyl groups is 3. The molecule has 4 aliphatic carbocycles. The summed E-state index contributed by atoms with van der Waals surface area (Å²) in [5, 5.41) is 33.7. The van der Waals surface area contributed by atoms with E-state index in [9.17, 15) is 24.9 Å². The fraction of sp³-hybridized carbons (Fsp3) is 0.680. The number of ether oxygens (including phenoxy) is 1. The largest absolute Gasteiger partial charge is 0.455 e. The van der Waals surface area contributed by atoms with Gasteiger partial charge in [0.05, 0.1) is 12.2 Å². The predicted octanol–water partition coefficient (Wildman–Crippen LogP) is 2.48. The van der Waals surface area contributed by atoms with E-state index < -0.39 is 34.1 Å². The molecule has 0 heterocycles. The summed E-state index contributed by atoms with van der Waals surface area (Å²) in [6, 6.07) is 0. The Labute approximate surface area is 183 Å². The lowest BCUT2D eigenvalue weighted by Crippen LogP contribution is -2.61. The molecule has 6 nitrogen and oxygen atoms in total. The predicted molar refractivity (Wildman–Crippen MR) is 115 cm³/mol. The third kappa shape index (κ3) is 2.61. The Morgan fingerprint density at radius 2 is 1.94 bits per heavy atom. The molecule has 2 fully saturated rings. The van der Waals surface area contributed by atoms with Gasteiger partial charge in [-0.15, -0.1) is 0 Å². The molecule has 0 aromatic rings. The molecule has 6 heteroatoms.